The highest BCUT2D eigenvalue weighted by atomic mass is 79.9. The van der Waals surface area contributed by atoms with E-state index in [1.54, 1.807) is 6.08 Å². The third kappa shape index (κ3) is 2.81. The van der Waals surface area contributed by atoms with Crippen LogP contribution < -0.4 is 0 Å². The molecule has 0 bridgehead atoms. The number of benzene rings is 2. The predicted octanol–water partition coefficient (Wildman–Crippen LogP) is 4.10. The molecule has 0 spiro atoms. The number of hydrogen-bond donors (Lipinski definition) is 0. The minimum absolute atomic E-state index is 0.306. The maximum absolute atomic E-state index is 12.0. The number of hydrogen-bond acceptors (Lipinski definition) is 3. The fourth-order valence-corrected chi connectivity index (χ4v) is 2.48. The molecule has 0 radical (unpaired) electrons. The van der Waals surface area contributed by atoms with Gasteiger partial charge in [0.15, 0.2) is 5.70 Å². The van der Waals surface area contributed by atoms with Crippen LogP contribution in [0.3, 0.4) is 0 Å². The van der Waals surface area contributed by atoms with Crippen molar-refractivity contribution >= 4 is 33.9 Å². The molecule has 0 fully saturated rings. The van der Waals surface area contributed by atoms with Crippen LogP contribution in [0.15, 0.2) is 63.7 Å². The third-order valence-corrected chi connectivity index (χ3v) is 3.92. The average molecular weight is 342 g/mol. The molecule has 4 heteroatoms. The lowest BCUT2D eigenvalue weighted by Crippen LogP contribution is -2.06. The number of rotatable bonds is 2. The fourth-order valence-electron chi connectivity index (χ4n) is 2.08. The van der Waals surface area contributed by atoms with Gasteiger partial charge < -0.3 is 4.74 Å². The summed E-state index contributed by atoms with van der Waals surface area (Å²) >= 11 is 3.45. The number of nitrogens with zero attached hydrogens (tertiary/aromatic N) is 1. The molecule has 0 saturated carbocycles. The van der Waals surface area contributed by atoms with Gasteiger partial charge in [-0.1, -0.05) is 52.3 Å². The lowest BCUT2D eigenvalue weighted by Gasteiger charge is -2.02. The van der Waals surface area contributed by atoms with Gasteiger partial charge in [0.05, 0.1) is 0 Å². The van der Waals surface area contributed by atoms with Crippen molar-refractivity contribution in [3.8, 4) is 0 Å². The molecule has 1 aliphatic heterocycles. The van der Waals surface area contributed by atoms with E-state index in [1.165, 1.54) is 0 Å². The van der Waals surface area contributed by atoms with Gasteiger partial charge in [-0.05, 0) is 36.3 Å². The van der Waals surface area contributed by atoms with Crippen LogP contribution in [-0.2, 0) is 9.53 Å². The Hall–Kier alpha value is -2.20. The van der Waals surface area contributed by atoms with E-state index in [0.717, 1.165) is 21.2 Å². The SMILES string of the molecule is Cc1ccccc1C1=NC(=Cc2ccccc2Br)C(=O)O1. The Kier molecular flexibility index (Phi) is 3.71. The molecular formula is C17H12BrNO2. The summed E-state index contributed by atoms with van der Waals surface area (Å²) < 4.78 is 6.19. The quantitative estimate of drug-likeness (QED) is 0.609. The maximum atomic E-state index is 12.0. The van der Waals surface area contributed by atoms with Crippen molar-refractivity contribution in [2.24, 2.45) is 4.99 Å². The molecule has 104 valence electrons. The molecule has 0 aromatic heterocycles. The number of carbonyl (C=O) groups excluding carboxylic acids is 1. The van der Waals surface area contributed by atoms with E-state index in [1.807, 2.05) is 55.5 Å². The molecule has 1 heterocycles. The number of halogens is 1. The second kappa shape index (κ2) is 5.66. The van der Waals surface area contributed by atoms with E-state index in [-0.39, 0.29) is 0 Å². The first kappa shape index (κ1) is 13.8. The Morgan fingerprint density at radius 1 is 1.10 bits per heavy atom. The molecule has 1 aliphatic rings. The first-order valence-corrected chi connectivity index (χ1v) is 7.27. The first-order chi connectivity index (χ1) is 10.1. The van der Waals surface area contributed by atoms with E-state index in [0.29, 0.717) is 11.6 Å². The van der Waals surface area contributed by atoms with Crippen LogP contribution in [-0.4, -0.2) is 11.9 Å². The van der Waals surface area contributed by atoms with Crippen LogP contribution in [0.1, 0.15) is 16.7 Å². The summed E-state index contributed by atoms with van der Waals surface area (Å²) in [6.45, 7) is 1.96. The molecular weight excluding hydrogens is 330 g/mol. The van der Waals surface area contributed by atoms with Crippen LogP contribution in [0, 0.1) is 6.92 Å². The summed E-state index contributed by atoms with van der Waals surface area (Å²) in [7, 11) is 0. The topological polar surface area (TPSA) is 38.7 Å². The summed E-state index contributed by atoms with van der Waals surface area (Å²) in [5.41, 5.74) is 3.05. The molecule has 0 N–H and O–H groups in total. The van der Waals surface area contributed by atoms with E-state index < -0.39 is 5.97 Å². The zero-order valence-corrected chi connectivity index (χ0v) is 12.9. The lowest BCUT2D eigenvalue weighted by molar-refractivity contribution is -0.129. The maximum Gasteiger partial charge on any atom is 0.363 e. The standard InChI is InChI=1S/C17H12BrNO2/c1-11-6-2-4-8-13(11)16-19-15(17(20)21-16)10-12-7-3-5-9-14(12)18/h2-10H,1H3. The van der Waals surface area contributed by atoms with Gasteiger partial charge in [0, 0.05) is 10.0 Å². The van der Waals surface area contributed by atoms with Crippen molar-refractivity contribution in [2.45, 2.75) is 6.92 Å². The number of cyclic esters (lactones) is 1. The van der Waals surface area contributed by atoms with Crippen LogP contribution in [0.25, 0.3) is 6.08 Å². The van der Waals surface area contributed by atoms with Gasteiger partial charge in [-0.15, -0.1) is 0 Å². The normalized spacial score (nSPS) is 16.0. The minimum Gasteiger partial charge on any atom is -0.402 e. The zero-order valence-electron chi connectivity index (χ0n) is 11.3. The largest absolute Gasteiger partial charge is 0.402 e. The molecule has 0 atom stereocenters. The smallest absolute Gasteiger partial charge is 0.363 e. The predicted molar refractivity (Wildman–Crippen MR) is 85.9 cm³/mol. The molecule has 0 amide bonds. The minimum atomic E-state index is -0.427. The number of aliphatic imine (C=N–C) groups is 1. The Morgan fingerprint density at radius 2 is 1.81 bits per heavy atom. The zero-order chi connectivity index (χ0) is 14.8. The Labute approximate surface area is 131 Å². The van der Waals surface area contributed by atoms with Crippen molar-refractivity contribution in [3.63, 3.8) is 0 Å². The average Bonchev–Trinajstić information content (AvgIpc) is 2.83. The van der Waals surface area contributed by atoms with Gasteiger partial charge in [-0.3, -0.25) is 0 Å². The molecule has 0 unspecified atom stereocenters. The van der Waals surface area contributed by atoms with Gasteiger partial charge >= 0.3 is 5.97 Å². The van der Waals surface area contributed by atoms with Crippen molar-refractivity contribution in [3.05, 3.63) is 75.4 Å². The van der Waals surface area contributed by atoms with Crippen LogP contribution >= 0.6 is 15.9 Å². The third-order valence-electron chi connectivity index (χ3n) is 3.19. The molecule has 2 aromatic carbocycles. The highest BCUT2D eigenvalue weighted by Gasteiger charge is 2.25. The van der Waals surface area contributed by atoms with E-state index >= 15 is 0 Å². The Bertz CT molecular complexity index is 778. The highest BCUT2D eigenvalue weighted by molar-refractivity contribution is 9.10. The lowest BCUT2D eigenvalue weighted by atomic mass is 10.1. The van der Waals surface area contributed by atoms with Crippen molar-refractivity contribution < 1.29 is 9.53 Å². The summed E-state index contributed by atoms with van der Waals surface area (Å²) in [6, 6.07) is 15.3. The summed E-state index contributed by atoms with van der Waals surface area (Å²) in [4.78, 5) is 16.3. The molecule has 0 aliphatic carbocycles. The van der Waals surface area contributed by atoms with E-state index in [4.69, 9.17) is 4.74 Å². The van der Waals surface area contributed by atoms with Gasteiger partial charge in [-0.25, -0.2) is 9.79 Å². The van der Waals surface area contributed by atoms with E-state index in [2.05, 4.69) is 20.9 Å². The Morgan fingerprint density at radius 3 is 2.57 bits per heavy atom. The first-order valence-electron chi connectivity index (χ1n) is 6.48. The van der Waals surface area contributed by atoms with Gasteiger partial charge in [0.2, 0.25) is 5.90 Å². The van der Waals surface area contributed by atoms with Crippen molar-refractivity contribution in [2.75, 3.05) is 0 Å². The Balaban J connectivity index is 2.00. The van der Waals surface area contributed by atoms with Crippen LogP contribution in [0.5, 0.6) is 0 Å². The van der Waals surface area contributed by atoms with Gasteiger partial charge in [-0.2, -0.15) is 0 Å². The van der Waals surface area contributed by atoms with Crippen LogP contribution in [0.2, 0.25) is 0 Å². The molecule has 3 nitrogen and oxygen atoms in total. The van der Waals surface area contributed by atoms with Gasteiger partial charge in [0.1, 0.15) is 0 Å². The number of esters is 1. The van der Waals surface area contributed by atoms with Crippen LogP contribution in [0.4, 0.5) is 0 Å². The van der Waals surface area contributed by atoms with Gasteiger partial charge in [0.25, 0.3) is 0 Å². The van der Waals surface area contributed by atoms with E-state index in [9.17, 15) is 4.79 Å². The molecule has 2 aromatic rings. The second-order valence-electron chi connectivity index (χ2n) is 4.67. The highest BCUT2D eigenvalue weighted by Crippen LogP contribution is 2.24. The summed E-state index contributed by atoms with van der Waals surface area (Å²) in [5.74, 6) is -0.0691. The molecule has 21 heavy (non-hydrogen) atoms. The second-order valence-corrected chi connectivity index (χ2v) is 5.53. The summed E-state index contributed by atoms with van der Waals surface area (Å²) in [5, 5.41) is 0. The number of carbonyl (C=O) groups is 1. The monoisotopic (exact) mass is 341 g/mol. The fraction of sp³-hybridized carbons (Fsp3) is 0.0588. The number of aryl methyl sites for hydroxylation is 1. The van der Waals surface area contributed by atoms with Crippen molar-refractivity contribution in [1.82, 2.24) is 0 Å². The molecule has 3 rings (SSSR count). The summed E-state index contributed by atoms with van der Waals surface area (Å²) in [6.07, 6.45) is 1.72. The van der Waals surface area contributed by atoms with Crippen molar-refractivity contribution in [1.29, 1.82) is 0 Å². The molecule has 0 saturated heterocycles. The number of ether oxygens (including phenoxy) is 1.